The van der Waals surface area contributed by atoms with E-state index >= 15 is 0 Å². The number of halogens is 2. The lowest BCUT2D eigenvalue weighted by Gasteiger charge is -2.35. The molecule has 13 heteroatoms. The van der Waals surface area contributed by atoms with Gasteiger partial charge in [0.1, 0.15) is 11.5 Å². The van der Waals surface area contributed by atoms with Crippen LogP contribution in [0.25, 0.3) is 27.7 Å². The summed E-state index contributed by atoms with van der Waals surface area (Å²) in [7, 11) is -3.83. The smallest absolute Gasteiger partial charge is 0.295 e. The van der Waals surface area contributed by atoms with E-state index in [9.17, 15) is 27.7 Å². The van der Waals surface area contributed by atoms with E-state index in [1.54, 1.807) is 54.6 Å². The third-order valence-electron chi connectivity index (χ3n) is 7.36. The van der Waals surface area contributed by atoms with Crippen LogP contribution in [0.15, 0.2) is 101 Å². The van der Waals surface area contributed by atoms with Crippen LogP contribution in [0.5, 0.6) is 0 Å². The maximum Gasteiger partial charge on any atom is 0.295 e. The fourth-order valence-electron chi connectivity index (χ4n) is 5.15. The van der Waals surface area contributed by atoms with Gasteiger partial charge >= 0.3 is 0 Å². The van der Waals surface area contributed by atoms with E-state index in [-0.39, 0.29) is 42.4 Å². The first kappa shape index (κ1) is 28.5. The lowest BCUT2D eigenvalue weighted by Crippen LogP contribution is -2.48. The number of anilines is 1. The van der Waals surface area contributed by atoms with Gasteiger partial charge in [0.15, 0.2) is 0 Å². The normalized spacial score (nSPS) is 14.2. The van der Waals surface area contributed by atoms with Gasteiger partial charge in [-0.2, -0.15) is 14.1 Å². The maximum atomic E-state index is 13.7. The van der Waals surface area contributed by atoms with Crippen LogP contribution in [0.3, 0.4) is 0 Å². The molecule has 4 aromatic carbocycles. The van der Waals surface area contributed by atoms with Crippen molar-refractivity contribution in [2.45, 2.75) is 4.90 Å². The molecule has 6 rings (SSSR count). The van der Waals surface area contributed by atoms with Crippen molar-refractivity contribution >= 4 is 43.8 Å². The fourth-order valence-corrected chi connectivity index (χ4v) is 6.70. The number of nitrogens with zero attached hydrogens (tertiary/aromatic N) is 5. The highest BCUT2D eigenvalue weighted by atomic mass is 35.5. The number of nitro benzene ring substituents is 1. The molecule has 0 bridgehead atoms. The molecule has 0 atom stereocenters. The highest BCUT2D eigenvalue weighted by Crippen LogP contribution is 2.31. The molecule has 10 nitrogen and oxygen atoms in total. The molecule has 0 N–H and O–H groups in total. The van der Waals surface area contributed by atoms with E-state index in [0.717, 1.165) is 16.8 Å². The average molecular weight is 620 g/mol. The molecule has 0 aliphatic carbocycles. The van der Waals surface area contributed by atoms with Gasteiger partial charge in [0, 0.05) is 53.9 Å². The standard InChI is InChI=1S/C30H23ClFN5O5S/c31-21-7-5-20(6-8-21)29-25-3-1-2-4-26(25)30(38)36(33-29)28-19-23(11-14-27(28)37(39)40)34-15-17-35(18-16-34)43(41,42)24-12-9-22(32)10-13-24/h1-14,19H,15-18H2. The summed E-state index contributed by atoms with van der Waals surface area (Å²) in [6.45, 7) is 0.851. The van der Waals surface area contributed by atoms with Crippen LogP contribution in [-0.4, -0.2) is 53.6 Å². The number of nitro groups is 1. The first-order chi connectivity index (χ1) is 20.6. The minimum absolute atomic E-state index is 0.00165. The van der Waals surface area contributed by atoms with Gasteiger partial charge in [0.25, 0.3) is 11.2 Å². The highest BCUT2D eigenvalue weighted by molar-refractivity contribution is 7.89. The zero-order valence-corrected chi connectivity index (χ0v) is 24.0. The summed E-state index contributed by atoms with van der Waals surface area (Å²) in [6.07, 6.45) is 0. The Morgan fingerprint density at radius 2 is 1.51 bits per heavy atom. The maximum absolute atomic E-state index is 13.7. The third kappa shape index (κ3) is 5.36. The monoisotopic (exact) mass is 619 g/mol. The predicted octanol–water partition coefficient (Wildman–Crippen LogP) is 5.26. The van der Waals surface area contributed by atoms with Crippen LogP contribution in [0.2, 0.25) is 5.02 Å². The highest BCUT2D eigenvalue weighted by Gasteiger charge is 2.30. The minimum Gasteiger partial charge on any atom is -0.369 e. The molecule has 0 saturated carbocycles. The Labute approximate surface area is 250 Å². The molecule has 1 saturated heterocycles. The van der Waals surface area contributed by atoms with Crippen molar-refractivity contribution in [3.63, 3.8) is 0 Å². The van der Waals surface area contributed by atoms with Crippen molar-refractivity contribution < 1.29 is 17.7 Å². The van der Waals surface area contributed by atoms with Gasteiger partial charge in [-0.1, -0.05) is 41.9 Å². The van der Waals surface area contributed by atoms with Crippen molar-refractivity contribution in [3.8, 4) is 16.9 Å². The van der Waals surface area contributed by atoms with E-state index in [4.69, 9.17) is 11.6 Å². The van der Waals surface area contributed by atoms with Crippen molar-refractivity contribution in [2.75, 3.05) is 31.1 Å². The number of aromatic nitrogens is 2. The molecule has 43 heavy (non-hydrogen) atoms. The summed E-state index contributed by atoms with van der Waals surface area (Å²) in [5.74, 6) is -0.530. The summed E-state index contributed by atoms with van der Waals surface area (Å²) in [5.41, 5.74) is 0.832. The summed E-state index contributed by atoms with van der Waals surface area (Å²) >= 11 is 6.08. The van der Waals surface area contributed by atoms with Gasteiger partial charge in [0.2, 0.25) is 10.0 Å². The van der Waals surface area contributed by atoms with Crippen LogP contribution < -0.4 is 10.5 Å². The molecule has 2 heterocycles. The van der Waals surface area contributed by atoms with Gasteiger partial charge in [-0.05, 0) is 54.6 Å². The molecule has 218 valence electrons. The third-order valence-corrected chi connectivity index (χ3v) is 9.53. The Kier molecular flexibility index (Phi) is 7.42. The van der Waals surface area contributed by atoms with Crippen LogP contribution in [0.4, 0.5) is 15.8 Å². The summed E-state index contributed by atoms with van der Waals surface area (Å²) < 4.78 is 41.8. The van der Waals surface area contributed by atoms with E-state index in [0.29, 0.717) is 32.7 Å². The predicted molar refractivity (Wildman–Crippen MR) is 162 cm³/mol. The Morgan fingerprint density at radius 3 is 2.16 bits per heavy atom. The molecule has 0 radical (unpaired) electrons. The Balaban J connectivity index is 1.39. The van der Waals surface area contributed by atoms with Crippen LogP contribution in [0.1, 0.15) is 0 Å². The number of benzene rings is 4. The van der Waals surface area contributed by atoms with Crippen LogP contribution >= 0.6 is 11.6 Å². The first-order valence-corrected chi connectivity index (χ1v) is 15.0. The average Bonchev–Trinajstić information content (AvgIpc) is 3.02. The molecular weight excluding hydrogens is 597 g/mol. The quantitative estimate of drug-likeness (QED) is 0.188. The second-order valence-corrected chi connectivity index (χ2v) is 12.3. The fraction of sp³-hybridized carbons (Fsp3) is 0.133. The second kappa shape index (κ2) is 11.2. The molecule has 0 amide bonds. The number of piperazine rings is 1. The molecule has 0 unspecified atom stereocenters. The Hall–Kier alpha value is -4.65. The molecule has 0 spiro atoms. The molecule has 1 aliphatic rings. The number of sulfonamides is 1. The van der Waals surface area contributed by atoms with E-state index in [1.807, 2.05) is 4.90 Å². The number of fused-ring (bicyclic) bond motifs is 1. The van der Waals surface area contributed by atoms with Gasteiger partial charge < -0.3 is 4.90 Å². The molecular formula is C30H23ClFN5O5S. The van der Waals surface area contributed by atoms with Crippen molar-refractivity contribution in [2.24, 2.45) is 0 Å². The van der Waals surface area contributed by atoms with E-state index < -0.39 is 26.3 Å². The van der Waals surface area contributed by atoms with Gasteiger partial charge in [-0.3, -0.25) is 14.9 Å². The first-order valence-electron chi connectivity index (χ1n) is 13.2. The molecule has 1 fully saturated rings. The van der Waals surface area contributed by atoms with Gasteiger partial charge in [0.05, 0.1) is 20.9 Å². The topological polar surface area (TPSA) is 119 Å². The molecule has 5 aromatic rings. The van der Waals surface area contributed by atoms with Gasteiger partial charge in [-0.25, -0.2) is 12.8 Å². The van der Waals surface area contributed by atoms with Crippen molar-refractivity contribution in [1.29, 1.82) is 0 Å². The van der Waals surface area contributed by atoms with Crippen molar-refractivity contribution in [3.05, 3.63) is 122 Å². The van der Waals surface area contributed by atoms with Crippen molar-refractivity contribution in [1.82, 2.24) is 14.1 Å². The van der Waals surface area contributed by atoms with E-state index in [1.165, 1.54) is 28.6 Å². The summed E-state index contributed by atoms with van der Waals surface area (Å²) in [5, 5.41) is 18.1. The number of hydrogen-bond donors (Lipinski definition) is 0. The zero-order valence-electron chi connectivity index (χ0n) is 22.4. The lowest BCUT2D eigenvalue weighted by molar-refractivity contribution is -0.384. The minimum atomic E-state index is -3.83. The summed E-state index contributed by atoms with van der Waals surface area (Å²) in [4.78, 5) is 27.1. The Morgan fingerprint density at radius 1 is 0.860 bits per heavy atom. The van der Waals surface area contributed by atoms with Crippen LogP contribution in [0, 0.1) is 15.9 Å². The lowest BCUT2D eigenvalue weighted by atomic mass is 10.0. The Bertz CT molecular complexity index is 2030. The molecule has 1 aliphatic heterocycles. The van der Waals surface area contributed by atoms with Crippen LogP contribution in [-0.2, 0) is 10.0 Å². The van der Waals surface area contributed by atoms with E-state index in [2.05, 4.69) is 5.10 Å². The largest absolute Gasteiger partial charge is 0.369 e. The van der Waals surface area contributed by atoms with Gasteiger partial charge in [-0.15, -0.1) is 0 Å². The molecule has 1 aromatic heterocycles. The number of rotatable bonds is 6. The second-order valence-electron chi connectivity index (χ2n) is 9.89. The zero-order chi connectivity index (χ0) is 30.3. The summed E-state index contributed by atoms with van der Waals surface area (Å²) in [6, 6.07) is 22.9. The SMILES string of the molecule is O=c1c2ccccc2c(-c2ccc(Cl)cc2)nn1-c1cc(N2CCN(S(=O)(=O)c3ccc(F)cc3)CC2)ccc1[N+](=O)[O-]. The number of hydrogen-bond acceptors (Lipinski definition) is 7.